The van der Waals surface area contributed by atoms with Gasteiger partial charge in [-0.15, -0.1) is 0 Å². The average Bonchev–Trinajstić information content (AvgIpc) is 3.33. The standard InChI is InChI=1S/C61H117NO5/c1-3-5-7-9-11-13-15-16-31-35-39-43-47-51-55-61(66)67-56-52-48-44-40-36-32-29-27-25-23-21-19-17-18-20-22-24-26-28-30-34-38-42-46-50-54-60(65)62-58(57-63)59(64)53-49-45-41-37-33-14-12-10-8-6-4-2/h9,11,15-16,58-59,63-64H,3-8,10,12-14,17-57H2,1-2H3,(H,62,65)/b11-9-,16-15-. The van der Waals surface area contributed by atoms with Crippen LogP contribution in [0, 0.1) is 0 Å². The number of amides is 1. The molecular weight excluding hydrogens is 827 g/mol. The Hall–Kier alpha value is -1.66. The van der Waals surface area contributed by atoms with Crippen molar-refractivity contribution in [3.05, 3.63) is 24.3 Å². The molecule has 0 radical (unpaired) electrons. The molecule has 0 heterocycles. The zero-order chi connectivity index (χ0) is 48.6. The van der Waals surface area contributed by atoms with Crippen LogP contribution in [0.15, 0.2) is 24.3 Å². The highest BCUT2D eigenvalue weighted by Crippen LogP contribution is 2.18. The molecular formula is C61H117NO5. The Balaban J connectivity index is 3.34. The summed E-state index contributed by atoms with van der Waals surface area (Å²) in [5, 5.41) is 23.2. The van der Waals surface area contributed by atoms with Crippen molar-refractivity contribution in [1.29, 1.82) is 0 Å². The second-order valence-electron chi connectivity index (χ2n) is 20.7. The molecule has 0 saturated carbocycles. The highest BCUT2D eigenvalue weighted by molar-refractivity contribution is 5.76. The minimum atomic E-state index is -0.661. The number of carbonyl (C=O) groups excluding carboxylic acids is 2. The lowest BCUT2D eigenvalue weighted by Gasteiger charge is -2.22. The van der Waals surface area contributed by atoms with Crippen LogP contribution in [0.2, 0.25) is 0 Å². The first kappa shape index (κ1) is 65.3. The van der Waals surface area contributed by atoms with Crippen LogP contribution in [0.3, 0.4) is 0 Å². The molecule has 0 spiro atoms. The maximum Gasteiger partial charge on any atom is 0.305 e. The van der Waals surface area contributed by atoms with Crippen LogP contribution in [0.25, 0.3) is 0 Å². The number of rotatable bonds is 56. The molecule has 0 aromatic rings. The van der Waals surface area contributed by atoms with Crippen molar-refractivity contribution in [2.45, 2.75) is 341 Å². The molecule has 0 rings (SSSR count). The SMILES string of the molecule is CCCC/C=C\C/C=C\CCCCCCCC(=O)OCCCCCCCCCCCCCCCCCCCCCCCCCCCC(=O)NC(CO)C(O)CCCCCCCCCCCCC. The summed E-state index contributed by atoms with van der Waals surface area (Å²) in [7, 11) is 0. The van der Waals surface area contributed by atoms with E-state index < -0.39 is 12.1 Å². The normalized spacial score (nSPS) is 12.7. The summed E-state index contributed by atoms with van der Waals surface area (Å²) in [4.78, 5) is 24.5. The van der Waals surface area contributed by atoms with Gasteiger partial charge < -0.3 is 20.3 Å². The van der Waals surface area contributed by atoms with E-state index in [0.29, 0.717) is 25.9 Å². The third-order valence-electron chi connectivity index (χ3n) is 14.0. The fourth-order valence-corrected chi connectivity index (χ4v) is 9.36. The molecule has 0 bridgehead atoms. The van der Waals surface area contributed by atoms with Crippen LogP contribution in [-0.4, -0.2) is 47.4 Å². The molecule has 0 aliphatic heterocycles. The maximum absolute atomic E-state index is 12.4. The number of allylic oxidation sites excluding steroid dienone is 4. The van der Waals surface area contributed by atoms with Crippen LogP contribution in [0.5, 0.6) is 0 Å². The Bertz CT molecular complexity index is 1040. The monoisotopic (exact) mass is 944 g/mol. The third-order valence-corrected chi connectivity index (χ3v) is 14.0. The molecule has 1 amide bonds. The average molecular weight is 945 g/mol. The van der Waals surface area contributed by atoms with E-state index in [4.69, 9.17) is 4.74 Å². The van der Waals surface area contributed by atoms with Gasteiger partial charge in [0.05, 0.1) is 25.4 Å². The molecule has 0 aliphatic rings. The second kappa shape index (κ2) is 56.9. The smallest absolute Gasteiger partial charge is 0.305 e. The van der Waals surface area contributed by atoms with E-state index in [1.807, 2.05) is 0 Å². The Kier molecular flexibility index (Phi) is 55.5. The lowest BCUT2D eigenvalue weighted by molar-refractivity contribution is -0.143. The Morgan fingerprint density at radius 2 is 0.761 bits per heavy atom. The van der Waals surface area contributed by atoms with Crippen molar-refractivity contribution in [1.82, 2.24) is 5.32 Å². The summed E-state index contributed by atoms with van der Waals surface area (Å²) < 4.78 is 5.47. The highest BCUT2D eigenvalue weighted by Gasteiger charge is 2.20. The molecule has 6 nitrogen and oxygen atoms in total. The number of ether oxygens (including phenoxy) is 1. The van der Waals surface area contributed by atoms with E-state index in [-0.39, 0.29) is 18.5 Å². The van der Waals surface area contributed by atoms with Crippen molar-refractivity contribution >= 4 is 11.9 Å². The van der Waals surface area contributed by atoms with Gasteiger partial charge in [-0.3, -0.25) is 9.59 Å². The summed E-state index contributed by atoms with van der Waals surface area (Å²) in [6.45, 7) is 4.91. The van der Waals surface area contributed by atoms with Gasteiger partial charge in [-0.05, 0) is 51.4 Å². The first-order chi connectivity index (χ1) is 33.0. The molecule has 2 unspecified atom stereocenters. The first-order valence-corrected chi connectivity index (χ1v) is 30.1. The zero-order valence-corrected chi connectivity index (χ0v) is 45.1. The number of unbranched alkanes of at least 4 members (excludes halogenated alkanes) is 41. The number of carbonyl (C=O) groups is 2. The van der Waals surface area contributed by atoms with Gasteiger partial charge >= 0.3 is 5.97 Å². The van der Waals surface area contributed by atoms with E-state index in [0.717, 1.165) is 51.4 Å². The van der Waals surface area contributed by atoms with E-state index in [2.05, 4.69) is 43.5 Å². The van der Waals surface area contributed by atoms with Gasteiger partial charge in [0.1, 0.15) is 0 Å². The summed E-state index contributed by atoms with van der Waals surface area (Å²) in [6, 6.07) is -0.538. The number of aliphatic hydroxyl groups excluding tert-OH is 2. The lowest BCUT2D eigenvalue weighted by Crippen LogP contribution is -2.45. The molecule has 0 aromatic heterocycles. The number of hydrogen-bond donors (Lipinski definition) is 3. The van der Waals surface area contributed by atoms with Gasteiger partial charge in [-0.1, -0.05) is 289 Å². The van der Waals surface area contributed by atoms with Gasteiger partial charge in [0, 0.05) is 12.8 Å². The first-order valence-electron chi connectivity index (χ1n) is 30.1. The lowest BCUT2D eigenvalue weighted by atomic mass is 10.0. The van der Waals surface area contributed by atoms with Crippen molar-refractivity contribution in [2.75, 3.05) is 13.2 Å². The van der Waals surface area contributed by atoms with Crippen molar-refractivity contribution in [3.63, 3.8) is 0 Å². The van der Waals surface area contributed by atoms with Crippen LogP contribution in [0.1, 0.15) is 328 Å². The minimum Gasteiger partial charge on any atom is -0.466 e. The molecule has 3 N–H and O–H groups in total. The maximum atomic E-state index is 12.4. The third kappa shape index (κ3) is 53.5. The van der Waals surface area contributed by atoms with Crippen molar-refractivity contribution in [2.24, 2.45) is 0 Å². The fraction of sp³-hybridized carbons (Fsp3) is 0.902. The van der Waals surface area contributed by atoms with Crippen molar-refractivity contribution < 1.29 is 24.5 Å². The van der Waals surface area contributed by atoms with Gasteiger partial charge in [-0.2, -0.15) is 0 Å². The Morgan fingerprint density at radius 1 is 0.418 bits per heavy atom. The van der Waals surface area contributed by atoms with Crippen LogP contribution >= 0.6 is 0 Å². The molecule has 0 aliphatic carbocycles. The van der Waals surface area contributed by atoms with Crippen LogP contribution in [-0.2, 0) is 14.3 Å². The topological polar surface area (TPSA) is 95.9 Å². The summed E-state index contributed by atoms with van der Waals surface area (Å²) in [5.41, 5.74) is 0. The van der Waals surface area contributed by atoms with E-state index >= 15 is 0 Å². The van der Waals surface area contributed by atoms with Crippen LogP contribution in [0.4, 0.5) is 0 Å². The highest BCUT2D eigenvalue weighted by atomic mass is 16.5. The molecule has 0 aromatic carbocycles. The molecule has 396 valence electrons. The van der Waals surface area contributed by atoms with E-state index in [1.54, 1.807) is 0 Å². The molecule has 2 atom stereocenters. The summed E-state index contributed by atoms with van der Waals surface area (Å²) in [5.74, 6) is -0.0316. The second-order valence-corrected chi connectivity index (χ2v) is 20.7. The Labute approximate surface area is 418 Å². The largest absolute Gasteiger partial charge is 0.466 e. The van der Waals surface area contributed by atoms with E-state index in [1.165, 1.54) is 244 Å². The van der Waals surface area contributed by atoms with Gasteiger partial charge in [-0.25, -0.2) is 0 Å². The number of hydrogen-bond acceptors (Lipinski definition) is 5. The zero-order valence-electron chi connectivity index (χ0n) is 45.1. The summed E-state index contributed by atoms with van der Waals surface area (Å²) in [6.07, 6.45) is 69.0. The predicted molar refractivity (Wildman–Crippen MR) is 292 cm³/mol. The number of aliphatic hydroxyl groups is 2. The predicted octanol–water partition coefficient (Wildman–Crippen LogP) is 18.6. The van der Waals surface area contributed by atoms with Gasteiger partial charge in [0.25, 0.3) is 0 Å². The molecule has 67 heavy (non-hydrogen) atoms. The quantitative estimate of drug-likeness (QED) is 0.0321. The Morgan fingerprint density at radius 3 is 1.18 bits per heavy atom. The number of esters is 1. The van der Waals surface area contributed by atoms with Crippen LogP contribution < -0.4 is 5.32 Å². The molecule has 0 saturated heterocycles. The molecule has 0 fully saturated rings. The summed E-state index contributed by atoms with van der Waals surface area (Å²) >= 11 is 0. The minimum absolute atomic E-state index is 0.00183. The molecule has 6 heteroatoms. The van der Waals surface area contributed by atoms with Gasteiger partial charge in [0.2, 0.25) is 5.91 Å². The van der Waals surface area contributed by atoms with Crippen molar-refractivity contribution in [3.8, 4) is 0 Å². The fourth-order valence-electron chi connectivity index (χ4n) is 9.36. The van der Waals surface area contributed by atoms with Gasteiger partial charge in [0.15, 0.2) is 0 Å². The number of nitrogens with one attached hydrogen (secondary N) is 1. The van der Waals surface area contributed by atoms with E-state index in [9.17, 15) is 19.8 Å².